The van der Waals surface area contributed by atoms with Crippen LogP contribution in [0.2, 0.25) is 0 Å². The van der Waals surface area contributed by atoms with Gasteiger partial charge in [-0.05, 0) is 54.2 Å². The molecule has 1 N–H and O–H groups in total. The number of urea groups is 1. The van der Waals surface area contributed by atoms with E-state index >= 15 is 0 Å². The van der Waals surface area contributed by atoms with Crippen molar-refractivity contribution in [1.29, 1.82) is 0 Å². The minimum atomic E-state index is -1.58. The van der Waals surface area contributed by atoms with Crippen molar-refractivity contribution in [1.82, 2.24) is 14.8 Å². The number of hydrogen-bond acceptors (Lipinski definition) is 6. The molecular weight excluding hydrogens is 520 g/mol. The van der Waals surface area contributed by atoms with Crippen LogP contribution < -0.4 is 20.5 Å². The fraction of sp³-hybridized carbons (Fsp3) is 0.375. The van der Waals surface area contributed by atoms with E-state index in [4.69, 9.17) is 4.74 Å². The number of nitrogens with one attached hydrogen (secondary N) is 1. The van der Waals surface area contributed by atoms with Gasteiger partial charge in [0.15, 0.2) is 0 Å². The third-order valence-corrected chi connectivity index (χ3v) is 8.81. The number of aromatic nitrogens is 1. The zero-order valence-electron chi connectivity index (χ0n) is 23.3. The fourth-order valence-corrected chi connectivity index (χ4v) is 6.82. The molecule has 0 spiro atoms. The summed E-state index contributed by atoms with van der Waals surface area (Å²) in [5.74, 6) is -0.250. The molecular formula is C32H34N4O5. The summed E-state index contributed by atoms with van der Waals surface area (Å²) in [6.45, 7) is 4.03. The molecule has 212 valence electrons. The minimum absolute atomic E-state index is 0.00312. The fourth-order valence-electron chi connectivity index (χ4n) is 6.82. The molecule has 4 amide bonds. The monoisotopic (exact) mass is 554 g/mol. The number of nitrogens with zero attached hydrogens (tertiary/aromatic N) is 3. The number of piperidine rings is 1. The van der Waals surface area contributed by atoms with Crippen LogP contribution in [0.25, 0.3) is 0 Å². The highest BCUT2D eigenvalue weighted by Crippen LogP contribution is 2.40. The topological polar surface area (TPSA) is 101 Å². The molecule has 0 saturated carbocycles. The van der Waals surface area contributed by atoms with E-state index in [2.05, 4.69) is 10.2 Å². The molecule has 3 atom stereocenters. The molecule has 3 aromatic rings. The van der Waals surface area contributed by atoms with Crippen LogP contribution in [0.3, 0.4) is 0 Å². The minimum Gasteiger partial charge on any atom is -0.496 e. The molecule has 6 rings (SSSR count). The summed E-state index contributed by atoms with van der Waals surface area (Å²) in [6.07, 6.45) is 1.84. The number of aryl methyl sites for hydroxylation is 1. The Kier molecular flexibility index (Phi) is 6.99. The van der Waals surface area contributed by atoms with Crippen LogP contribution in [0.4, 0.5) is 10.5 Å². The molecule has 9 nitrogen and oxygen atoms in total. The van der Waals surface area contributed by atoms with E-state index in [1.165, 1.54) is 0 Å². The first-order valence-corrected chi connectivity index (χ1v) is 14.2. The average molecular weight is 555 g/mol. The van der Waals surface area contributed by atoms with Crippen molar-refractivity contribution in [3.05, 3.63) is 93.9 Å². The normalized spacial score (nSPS) is 24.1. The van der Waals surface area contributed by atoms with E-state index in [1.54, 1.807) is 37.4 Å². The third-order valence-electron chi connectivity index (χ3n) is 8.81. The maximum absolute atomic E-state index is 14.5. The second-order valence-electron chi connectivity index (χ2n) is 11.4. The summed E-state index contributed by atoms with van der Waals surface area (Å²) in [6, 6.07) is 19.3. The number of carbonyl (C=O) groups excluding carboxylic acids is 3. The third kappa shape index (κ3) is 4.74. The highest BCUT2D eigenvalue weighted by molar-refractivity contribution is 6.30. The number of benzene rings is 2. The lowest BCUT2D eigenvalue weighted by molar-refractivity contribution is -0.144. The maximum atomic E-state index is 14.5. The zero-order valence-corrected chi connectivity index (χ0v) is 23.3. The van der Waals surface area contributed by atoms with Gasteiger partial charge in [-0.25, -0.2) is 9.69 Å². The molecule has 2 fully saturated rings. The number of fused-ring (bicyclic) bond motifs is 4. The van der Waals surface area contributed by atoms with Crippen LogP contribution in [0.15, 0.2) is 71.5 Å². The first-order valence-electron chi connectivity index (χ1n) is 14.2. The van der Waals surface area contributed by atoms with Crippen LogP contribution in [0.5, 0.6) is 5.75 Å². The van der Waals surface area contributed by atoms with Gasteiger partial charge in [0.2, 0.25) is 5.91 Å². The molecule has 41 heavy (non-hydrogen) atoms. The van der Waals surface area contributed by atoms with Crippen molar-refractivity contribution in [3.8, 4) is 5.75 Å². The first kappa shape index (κ1) is 27.0. The van der Waals surface area contributed by atoms with Crippen molar-refractivity contribution >= 4 is 23.5 Å². The number of para-hydroxylation sites is 1. The number of anilines is 1. The predicted octanol–water partition coefficient (Wildman–Crippen LogP) is 3.35. The molecule has 1 aromatic heterocycles. The van der Waals surface area contributed by atoms with E-state index < -0.39 is 23.3 Å². The van der Waals surface area contributed by atoms with Crippen LogP contribution in [-0.4, -0.2) is 54.1 Å². The Labute approximate surface area is 238 Å². The van der Waals surface area contributed by atoms with Crippen LogP contribution in [0.1, 0.15) is 36.1 Å². The Morgan fingerprint density at radius 1 is 0.927 bits per heavy atom. The Balaban J connectivity index is 1.39. The number of imide groups is 2. The van der Waals surface area contributed by atoms with Crippen LogP contribution in [0, 0.1) is 11.3 Å². The number of likely N-dealkylation sites (tertiary alicyclic amines) is 1. The van der Waals surface area contributed by atoms with Crippen molar-refractivity contribution < 1.29 is 19.1 Å². The molecule has 2 aromatic carbocycles. The van der Waals surface area contributed by atoms with E-state index in [0.29, 0.717) is 36.6 Å². The number of pyridine rings is 1. The molecule has 1 unspecified atom stereocenters. The highest BCUT2D eigenvalue weighted by Gasteiger charge is 2.56. The lowest BCUT2D eigenvalue weighted by Crippen LogP contribution is -2.68. The predicted molar refractivity (Wildman–Crippen MR) is 154 cm³/mol. The van der Waals surface area contributed by atoms with E-state index in [0.717, 1.165) is 29.0 Å². The smallest absolute Gasteiger partial charge is 0.335 e. The molecule has 3 aliphatic rings. The number of barbiturate groups is 1. The number of hydrogen-bond donors (Lipinski definition) is 1. The van der Waals surface area contributed by atoms with Gasteiger partial charge in [-0.1, -0.05) is 43.3 Å². The standard InChI is InChI=1S/C32H34N4O5/c1-3-21-11-13-25(14-12-21)36-30(39)32(29(38)33-31(36)40,16-23-7-4-5-9-27(23)41-2)20-34-17-22-15-24(19-34)26-8-6-10-28(37)35(26)18-22/h4-14,22,24H,3,15-20H2,1-2H3,(H,33,38,40)/t22-,24-,32?/m1/s1. The van der Waals surface area contributed by atoms with Crippen molar-refractivity contribution in [2.24, 2.45) is 11.3 Å². The molecule has 2 saturated heterocycles. The second kappa shape index (κ2) is 10.6. The Bertz CT molecular complexity index is 1560. The second-order valence-corrected chi connectivity index (χ2v) is 11.4. The molecule has 0 aliphatic carbocycles. The maximum Gasteiger partial charge on any atom is 0.335 e. The number of ether oxygens (including phenoxy) is 1. The highest BCUT2D eigenvalue weighted by atomic mass is 16.5. The molecule has 3 aliphatic heterocycles. The number of rotatable bonds is 7. The van der Waals surface area contributed by atoms with Gasteiger partial charge in [0.25, 0.3) is 11.5 Å². The van der Waals surface area contributed by atoms with Gasteiger partial charge in [0.05, 0.1) is 12.8 Å². The summed E-state index contributed by atoms with van der Waals surface area (Å²) in [4.78, 5) is 57.4. The van der Waals surface area contributed by atoms with Crippen molar-refractivity contribution in [2.45, 2.75) is 38.6 Å². The Morgan fingerprint density at radius 3 is 2.46 bits per heavy atom. The number of amides is 4. The summed E-state index contributed by atoms with van der Waals surface area (Å²) in [5, 5.41) is 2.51. The lowest BCUT2D eigenvalue weighted by atomic mass is 9.75. The number of methoxy groups -OCH3 is 1. The van der Waals surface area contributed by atoms with E-state index in [-0.39, 0.29) is 30.4 Å². The van der Waals surface area contributed by atoms with E-state index in [9.17, 15) is 19.2 Å². The summed E-state index contributed by atoms with van der Waals surface area (Å²) in [7, 11) is 1.56. The Hall–Kier alpha value is -4.24. The van der Waals surface area contributed by atoms with Gasteiger partial charge in [-0.15, -0.1) is 0 Å². The molecule has 2 bridgehead atoms. The van der Waals surface area contributed by atoms with Gasteiger partial charge in [0.1, 0.15) is 11.2 Å². The van der Waals surface area contributed by atoms with Crippen molar-refractivity contribution in [2.75, 3.05) is 31.6 Å². The van der Waals surface area contributed by atoms with Crippen molar-refractivity contribution in [3.63, 3.8) is 0 Å². The number of carbonyl (C=O) groups is 3. The van der Waals surface area contributed by atoms with Crippen LogP contribution in [-0.2, 0) is 29.0 Å². The van der Waals surface area contributed by atoms with Crippen LogP contribution >= 0.6 is 0 Å². The van der Waals surface area contributed by atoms with Gasteiger partial charge in [-0.2, -0.15) is 0 Å². The molecule has 9 heteroatoms. The SMILES string of the molecule is CCc1ccc(N2C(=O)NC(=O)C(Cc3ccccc3OC)(CN3C[C@H]4C[C@H](C3)c3cccc(=O)n3C4)C2=O)cc1. The van der Waals surface area contributed by atoms with Gasteiger partial charge in [0, 0.05) is 50.3 Å². The van der Waals surface area contributed by atoms with Gasteiger partial charge >= 0.3 is 6.03 Å². The summed E-state index contributed by atoms with van der Waals surface area (Å²) in [5.41, 5.74) is 1.63. The quantitative estimate of drug-likeness (QED) is 0.450. The molecule has 4 heterocycles. The molecule has 0 radical (unpaired) electrons. The average Bonchev–Trinajstić information content (AvgIpc) is 2.97. The van der Waals surface area contributed by atoms with Gasteiger partial charge in [-0.3, -0.25) is 19.7 Å². The summed E-state index contributed by atoms with van der Waals surface area (Å²) >= 11 is 0. The first-order chi connectivity index (χ1) is 19.8. The zero-order chi connectivity index (χ0) is 28.7. The van der Waals surface area contributed by atoms with Gasteiger partial charge < -0.3 is 14.2 Å². The lowest BCUT2D eigenvalue weighted by Gasteiger charge is -2.47. The Morgan fingerprint density at radius 2 is 1.71 bits per heavy atom. The van der Waals surface area contributed by atoms with E-state index in [1.807, 2.05) is 47.9 Å². The largest absolute Gasteiger partial charge is 0.496 e. The summed E-state index contributed by atoms with van der Waals surface area (Å²) < 4.78 is 7.45.